The molecule has 1 heterocycles. The van der Waals surface area contributed by atoms with Crippen molar-refractivity contribution in [2.24, 2.45) is 0 Å². The van der Waals surface area contributed by atoms with Crippen molar-refractivity contribution in [2.75, 3.05) is 6.61 Å². The summed E-state index contributed by atoms with van der Waals surface area (Å²) >= 11 is 3.35. The Labute approximate surface area is 81.1 Å². The second kappa shape index (κ2) is 5.27. The molecule has 1 rings (SSSR count). The molecule has 0 bridgehead atoms. The molecule has 0 aromatic carbocycles. The van der Waals surface area contributed by atoms with Crippen molar-refractivity contribution in [3.8, 4) is 0 Å². The van der Waals surface area contributed by atoms with Crippen molar-refractivity contribution >= 4 is 15.9 Å². The lowest BCUT2D eigenvalue weighted by molar-refractivity contribution is 0.121. The molecule has 0 N–H and O–H groups in total. The lowest BCUT2D eigenvalue weighted by atomic mass is 10.3. The van der Waals surface area contributed by atoms with Crippen molar-refractivity contribution in [1.82, 2.24) is 4.98 Å². The normalized spacial score (nSPS) is 10.2. The largest absolute Gasteiger partial charge is 0.377 e. The summed E-state index contributed by atoms with van der Waals surface area (Å²) in [4.78, 5) is 4.04. The van der Waals surface area contributed by atoms with Crippen LogP contribution in [0.25, 0.3) is 0 Å². The van der Waals surface area contributed by atoms with Gasteiger partial charge < -0.3 is 4.74 Å². The van der Waals surface area contributed by atoms with E-state index in [4.69, 9.17) is 4.74 Å². The van der Waals surface area contributed by atoms with E-state index in [1.54, 1.807) is 6.20 Å². The molecular formula is C9H12BrNO. The summed E-state index contributed by atoms with van der Waals surface area (Å²) in [7, 11) is 0. The van der Waals surface area contributed by atoms with Crippen LogP contribution >= 0.6 is 15.9 Å². The molecule has 0 fully saturated rings. The predicted octanol–water partition coefficient (Wildman–Crippen LogP) is 2.77. The van der Waals surface area contributed by atoms with Gasteiger partial charge in [-0.25, -0.2) is 0 Å². The number of hydrogen-bond donors (Lipinski definition) is 0. The van der Waals surface area contributed by atoms with Crippen molar-refractivity contribution in [3.05, 3.63) is 28.5 Å². The molecule has 0 saturated heterocycles. The first kappa shape index (κ1) is 9.68. The van der Waals surface area contributed by atoms with E-state index in [0.717, 1.165) is 23.1 Å². The van der Waals surface area contributed by atoms with Gasteiger partial charge in [-0.2, -0.15) is 0 Å². The molecule has 0 aliphatic heterocycles. The summed E-state index contributed by atoms with van der Waals surface area (Å²) in [6.07, 6.45) is 4.64. The minimum Gasteiger partial charge on any atom is -0.377 e. The molecule has 0 spiro atoms. The molecule has 0 amide bonds. The van der Waals surface area contributed by atoms with Gasteiger partial charge in [0, 0.05) is 23.5 Å². The monoisotopic (exact) mass is 229 g/mol. The Morgan fingerprint density at radius 1 is 1.50 bits per heavy atom. The number of aromatic nitrogens is 1. The fourth-order valence-electron chi connectivity index (χ4n) is 0.869. The summed E-state index contributed by atoms with van der Waals surface area (Å²) in [5.41, 5.74) is 1.11. The summed E-state index contributed by atoms with van der Waals surface area (Å²) < 4.78 is 6.36. The van der Waals surface area contributed by atoms with Crippen LogP contribution in [0.5, 0.6) is 0 Å². The van der Waals surface area contributed by atoms with E-state index in [1.807, 2.05) is 12.3 Å². The van der Waals surface area contributed by atoms with Gasteiger partial charge in [-0.3, -0.25) is 4.98 Å². The van der Waals surface area contributed by atoms with Crippen molar-refractivity contribution in [1.29, 1.82) is 0 Å². The third-order valence-electron chi connectivity index (χ3n) is 1.38. The van der Waals surface area contributed by atoms with Gasteiger partial charge in [-0.15, -0.1) is 0 Å². The Kier molecular flexibility index (Phi) is 4.25. The van der Waals surface area contributed by atoms with Crippen molar-refractivity contribution in [3.63, 3.8) is 0 Å². The van der Waals surface area contributed by atoms with E-state index in [0.29, 0.717) is 6.61 Å². The summed E-state index contributed by atoms with van der Waals surface area (Å²) in [6.45, 7) is 3.56. The lowest BCUT2D eigenvalue weighted by Crippen LogP contribution is -1.94. The highest BCUT2D eigenvalue weighted by Gasteiger charge is 1.93. The van der Waals surface area contributed by atoms with Crippen LogP contribution in [-0.4, -0.2) is 11.6 Å². The summed E-state index contributed by atoms with van der Waals surface area (Å²) in [5, 5.41) is 0. The number of hydrogen-bond acceptors (Lipinski definition) is 2. The fraction of sp³-hybridized carbons (Fsp3) is 0.444. The van der Waals surface area contributed by atoms with E-state index in [2.05, 4.69) is 27.8 Å². The van der Waals surface area contributed by atoms with E-state index in [-0.39, 0.29) is 0 Å². The summed E-state index contributed by atoms with van der Waals surface area (Å²) in [6, 6.07) is 2.02. The van der Waals surface area contributed by atoms with Gasteiger partial charge in [0.05, 0.1) is 6.61 Å². The number of pyridine rings is 1. The van der Waals surface area contributed by atoms with Crippen LogP contribution in [0.1, 0.15) is 18.9 Å². The SMILES string of the molecule is CCCOCc1cncc(Br)c1. The van der Waals surface area contributed by atoms with Crippen LogP contribution in [0.3, 0.4) is 0 Å². The van der Waals surface area contributed by atoms with Gasteiger partial charge in [0.15, 0.2) is 0 Å². The zero-order valence-corrected chi connectivity index (χ0v) is 8.67. The van der Waals surface area contributed by atoms with Gasteiger partial charge in [-0.05, 0) is 34.0 Å². The molecule has 3 heteroatoms. The Bertz CT molecular complexity index is 240. The molecule has 1 aromatic heterocycles. The first-order valence-corrected chi connectivity index (χ1v) is 4.79. The first-order valence-electron chi connectivity index (χ1n) is 4.00. The Morgan fingerprint density at radius 2 is 2.33 bits per heavy atom. The van der Waals surface area contributed by atoms with E-state index in [1.165, 1.54) is 0 Å². The number of nitrogens with zero attached hydrogens (tertiary/aromatic N) is 1. The molecular weight excluding hydrogens is 218 g/mol. The number of halogens is 1. The Balaban J connectivity index is 2.41. The first-order chi connectivity index (χ1) is 5.83. The van der Waals surface area contributed by atoms with Gasteiger partial charge >= 0.3 is 0 Å². The van der Waals surface area contributed by atoms with Crippen molar-refractivity contribution < 1.29 is 4.74 Å². The minimum atomic E-state index is 0.653. The standard InChI is InChI=1S/C9H12BrNO/c1-2-3-12-7-8-4-9(10)6-11-5-8/h4-6H,2-3,7H2,1H3. The van der Waals surface area contributed by atoms with Gasteiger partial charge in [-0.1, -0.05) is 6.92 Å². The van der Waals surface area contributed by atoms with Crippen LogP contribution in [0.4, 0.5) is 0 Å². The maximum Gasteiger partial charge on any atom is 0.0732 e. The molecule has 0 unspecified atom stereocenters. The third-order valence-corrected chi connectivity index (χ3v) is 1.81. The summed E-state index contributed by atoms with van der Waals surface area (Å²) in [5.74, 6) is 0. The topological polar surface area (TPSA) is 22.1 Å². The number of rotatable bonds is 4. The second-order valence-electron chi connectivity index (χ2n) is 2.56. The molecule has 66 valence electrons. The maximum atomic E-state index is 5.36. The minimum absolute atomic E-state index is 0.653. The molecule has 2 nitrogen and oxygen atoms in total. The molecule has 12 heavy (non-hydrogen) atoms. The average Bonchev–Trinajstić information content (AvgIpc) is 2.05. The average molecular weight is 230 g/mol. The maximum absolute atomic E-state index is 5.36. The van der Waals surface area contributed by atoms with E-state index in [9.17, 15) is 0 Å². The van der Waals surface area contributed by atoms with Gasteiger partial charge in [0.1, 0.15) is 0 Å². The third kappa shape index (κ3) is 3.32. The zero-order valence-electron chi connectivity index (χ0n) is 7.09. The van der Waals surface area contributed by atoms with Crippen LogP contribution in [0.2, 0.25) is 0 Å². The highest BCUT2D eigenvalue weighted by Crippen LogP contribution is 2.10. The fourth-order valence-corrected chi connectivity index (χ4v) is 1.28. The molecule has 0 radical (unpaired) electrons. The molecule has 0 aliphatic carbocycles. The van der Waals surface area contributed by atoms with Crippen molar-refractivity contribution in [2.45, 2.75) is 20.0 Å². The highest BCUT2D eigenvalue weighted by atomic mass is 79.9. The quantitative estimate of drug-likeness (QED) is 0.742. The van der Waals surface area contributed by atoms with Gasteiger partial charge in [0.2, 0.25) is 0 Å². The van der Waals surface area contributed by atoms with Crippen LogP contribution < -0.4 is 0 Å². The Hall–Kier alpha value is -0.410. The molecule has 0 atom stereocenters. The molecule has 0 saturated carbocycles. The Morgan fingerprint density at radius 3 is 3.00 bits per heavy atom. The van der Waals surface area contributed by atoms with Crippen LogP contribution in [-0.2, 0) is 11.3 Å². The smallest absolute Gasteiger partial charge is 0.0732 e. The molecule has 0 aliphatic rings. The second-order valence-corrected chi connectivity index (χ2v) is 3.48. The van der Waals surface area contributed by atoms with Gasteiger partial charge in [0.25, 0.3) is 0 Å². The zero-order chi connectivity index (χ0) is 8.81. The van der Waals surface area contributed by atoms with Crippen LogP contribution in [0.15, 0.2) is 22.9 Å². The lowest BCUT2D eigenvalue weighted by Gasteiger charge is -2.01. The predicted molar refractivity (Wildman–Crippen MR) is 51.9 cm³/mol. The van der Waals surface area contributed by atoms with Crippen LogP contribution in [0, 0.1) is 0 Å². The highest BCUT2D eigenvalue weighted by molar-refractivity contribution is 9.10. The van der Waals surface area contributed by atoms with E-state index < -0.39 is 0 Å². The van der Waals surface area contributed by atoms with E-state index >= 15 is 0 Å². The number of ether oxygens (including phenoxy) is 1. The molecule has 1 aromatic rings.